The summed E-state index contributed by atoms with van der Waals surface area (Å²) in [5.74, 6) is 0. The summed E-state index contributed by atoms with van der Waals surface area (Å²) in [6.07, 6.45) is 2.34. The quantitative estimate of drug-likeness (QED) is 0.871. The van der Waals surface area contributed by atoms with Crippen molar-refractivity contribution in [2.75, 3.05) is 6.54 Å². The lowest BCUT2D eigenvalue weighted by molar-refractivity contribution is 0.0471. The SMILES string of the molecule is CC(NC(=O)OC(C)(C)C)C1(C)NCCc2ncn(C)c21. The Labute approximate surface area is 126 Å². The van der Waals surface area contributed by atoms with Crippen molar-refractivity contribution < 1.29 is 9.53 Å². The van der Waals surface area contributed by atoms with Crippen molar-refractivity contribution in [3.63, 3.8) is 0 Å². The zero-order valence-electron chi connectivity index (χ0n) is 13.8. The first-order valence-corrected chi connectivity index (χ1v) is 7.39. The molecule has 2 unspecified atom stereocenters. The van der Waals surface area contributed by atoms with Crippen molar-refractivity contribution in [2.45, 2.75) is 58.2 Å². The first kappa shape index (κ1) is 15.8. The number of nitrogens with zero attached hydrogens (tertiary/aromatic N) is 2. The van der Waals surface area contributed by atoms with E-state index >= 15 is 0 Å². The number of carbonyl (C=O) groups excluding carboxylic acids is 1. The Hall–Kier alpha value is -1.56. The van der Waals surface area contributed by atoms with Crippen molar-refractivity contribution in [1.29, 1.82) is 0 Å². The molecular formula is C15H26N4O2. The van der Waals surface area contributed by atoms with E-state index in [2.05, 4.69) is 22.5 Å². The third kappa shape index (κ3) is 3.20. The van der Waals surface area contributed by atoms with Crippen LogP contribution in [0.3, 0.4) is 0 Å². The molecule has 0 fully saturated rings. The van der Waals surface area contributed by atoms with Gasteiger partial charge in [0, 0.05) is 20.0 Å². The number of fused-ring (bicyclic) bond motifs is 1. The smallest absolute Gasteiger partial charge is 0.407 e. The highest BCUT2D eigenvalue weighted by Gasteiger charge is 2.41. The number of amides is 1. The minimum Gasteiger partial charge on any atom is -0.444 e. The van der Waals surface area contributed by atoms with Gasteiger partial charge in [0.1, 0.15) is 5.60 Å². The Bertz CT molecular complexity index is 532. The number of ether oxygens (including phenoxy) is 1. The fourth-order valence-corrected chi connectivity index (χ4v) is 2.84. The van der Waals surface area contributed by atoms with E-state index in [-0.39, 0.29) is 11.6 Å². The molecule has 21 heavy (non-hydrogen) atoms. The van der Waals surface area contributed by atoms with Crippen LogP contribution in [0.25, 0.3) is 0 Å². The van der Waals surface area contributed by atoms with Gasteiger partial charge in [0.2, 0.25) is 0 Å². The number of hydrogen-bond acceptors (Lipinski definition) is 4. The van der Waals surface area contributed by atoms with Gasteiger partial charge in [0.05, 0.1) is 29.3 Å². The van der Waals surface area contributed by atoms with E-state index in [9.17, 15) is 4.79 Å². The lowest BCUT2D eigenvalue weighted by Crippen LogP contribution is -2.59. The van der Waals surface area contributed by atoms with E-state index in [0.717, 1.165) is 24.4 Å². The molecule has 0 bridgehead atoms. The van der Waals surface area contributed by atoms with Gasteiger partial charge in [-0.15, -0.1) is 0 Å². The summed E-state index contributed by atoms with van der Waals surface area (Å²) in [7, 11) is 1.98. The predicted molar refractivity (Wildman–Crippen MR) is 81.1 cm³/mol. The van der Waals surface area contributed by atoms with E-state index in [1.54, 1.807) is 0 Å². The Morgan fingerprint density at radius 2 is 2.24 bits per heavy atom. The maximum atomic E-state index is 12.0. The molecule has 0 saturated heterocycles. The van der Waals surface area contributed by atoms with Crippen LogP contribution in [-0.4, -0.2) is 33.8 Å². The van der Waals surface area contributed by atoms with Gasteiger partial charge >= 0.3 is 6.09 Å². The van der Waals surface area contributed by atoms with Crippen molar-refractivity contribution in [2.24, 2.45) is 7.05 Å². The van der Waals surface area contributed by atoms with Gasteiger partial charge in [-0.3, -0.25) is 0 Å². The highest BCUT2D eigenvalue weighted by molar-refractivity contribution is 5.68. The van der Waals surface area contributed by atoms with Crippen LogP contribution in [0.1, 0.15) is 46.0 Å². The molecule has 0 radical (unpaired) electrons. The summed E-state index contributed by atoms with van der Waals surface area (Å²) in [6, 6.07) is -0.123. The maximum absolute atomic E-state index is 12.0. The Morgan fingerprint density at radius 3 is 2.86 bits per heavy atom. The average Bonchev–Trinajstić information content (AvgIpc) is 2.70. The summed E-state index contributed by atoms with van der Waals surface area (Å²) in [4.78, 5) is 16.5. The van der Waals surface area contributed by atoms with Crippen LogP contribution in [0, 0.1) is 0 Å². The summed E-state index contributed by atoms with van der Waals surface area (Å²) >= 11 is 0. The van der Waals surface area contributed by atoms with Crippen LogP contribution in [0.5, 0.6) is 0 Å². The van der Waals surface area contributed by atoms with Gasteiger partial charge in [-0.1, -0.05) is 0 Å². The van der Waals surface area contributed by atoms with E-state index in [1.807, 2.05) is 45.6 Å². The number of nitrogens with one attached hydrogen (secondary N) is 2. The van der Waals surface area contributed by atoms with Crippen molar-refractivity contribution in [3.8, 4) is 0 Å². The first-order chi connectivity index (χ1) is 9.63. The third-order valence-electron chi connectivity index (χ3n) is 3.96. The lowest BCUT2D eigenvalue weighted by atomic mass is 9.85. The van der Waals surface area contributed by atoms with Crippen LogP contribution >= 0.6 is 0 Å². The monoisotopic (exact) mass is 294 g/mol. The van der Waals surface area contributed by atoms with Crippen molar-refractivity contribution in [3.05, 3.63) is 17.7 Å². The molecule has 0 saturated carbocycles. The number of aromatic nitrogens is 2. The summed E-state index contributed by atoms with van der Waals surface area (Å²) in [6.45, 7) is 10.5. The topological polar surface area (TPSA) is 68.2 Å². The van der Waals surface area contributed by atoms with Crippen LogP contribution in [-0.2, 0) is 23.7 Å². The Balaban J connectivity index is 2.17. The Kier molecular flexibility index (Phi) is 4.02. The molecule has 2 atom stereocenters. The van der Waals surface area contributed by atoms with E-state index < -0.39 is 11.7 Å². The standard InChI is InChI=1S/C15H26N4O2/c1-10(18-13(20)21-14(2,3)4)15(5)12-11(7-8-17-15)16-9-19(12)6/h9-10,17H,7-8H2,1-6H3,(H,18,20). The molecule has 6 heteroatoms. The van der Waals surface area contributed by atoms with Crippen LogP contribution in [0.2, 0.25) is 0 Å². The molecule has 0 aliphatic carbocycles. The molecule has 1 aromatic heterocycles. The number of alkyl carbamates (subject to hydrolysis) is 1. The largest absolute Gasteiger partial charge is 0.444 e. The zero-order valence-corrected chi connectivity index (χ0v) is 13.8. The fourth-order valence-electron chi connectivity index (χ4n) is 2.84. The molecule has 1 amide bonds. The van der Waals surface area contributed by atoms with Gasteiger partial charge in [-0.05, 0) is 34.6 Å². The normalized spacial score (nSPS) is 23.3. The highest BCUT2D eigenvalue weighted by atomic mass is 16.6. The first-order valence-electron chi connectivity index (χ1n) is 7.39. The molecule has 2 N–H and O–H groups in total. The highest BCUT2D eigenvalue weighted by Crippen LogP contribution is 2.30. The number of imidazole rings is 1. The van der Waals surface area contributed by atoms with Gasteiger partial charge in [-0.2, -0.15) is 0 Å². The molecule has 2 rings (SSSR count). The molecular weight excluding hydrogens is 268 g/mol. The molecule has 1 aromatic rings. The second-order valence-corrected chi connectivity index (χ2v) is 6.90. The number of rotatable bonds is 2. The zero-order chi connectivity index (χ0) is 15.8. The second kappa shape index (κ2) is 5.33. The molecule has 118 valence electrons. The summed E-state index contributed by atoms with van der Waals surface area (Å²) in [5, 5.41) is 6.46. The fraction of sp³-hybridized carbons (Fsp3) is 0.733. The molecule has 1 aliphatic rings. The number of hydrogen-bond donors (Lipinski definition) is 2. The summed E-state index contributed by atoms with van der Waals surface area (Å²) in [5.41, 5.74) is 1.35. The van der Waals surface area contributed by atoms with Crippen LogP contribution in [0.4, 0.5) is 4.79 Å². The molecule has 0 spiro atoms. The molecule has 6 nitrogen and oxygen atoms in total. The predicted octanol–water partition coefficient (Wildman–Crippen LogP) is 1.69. The van der Waals surface area contributed by atoms with Crippen molar-refractivity contribution >= 4 is 6.09 Å². The molecule has 2 heterocycles. The summed E-state index contributed by atoms with van der Waals surface area (Å²) < 4.78 is 7.37. The van der Waals surface area contributed by atoms with E-state index in [0.29, 0.717) is 0 Å². The number of carbonyl (C=O) groups is 1. The minimum absolute atomic E-state index is 0.123. The Morgan fingerprint density at radius 1 is 1.57 bits per heavy atom. The van der Waals surface area contributed by atoms with E-state index in [4.69, 9.17) is 4.74 Å². The second-order valence-electron chi connectivity index (χ2n) is 6.90. The van der Waals surface area contributed by atoms with Crippen molar-refractivity contribution in [1.82, 2.24) is 20.2 Å². The van der Waals surface area contributed by atoms with Gasteiger partial charge < -0.3 is 19.9 Å². The average molecular weight is 294 g/mol. The maximum Gasteiger partial charge on any atom is 0.407 e. The van der Waals surface area contributed by atoms with Crippen LogP contribution in [0.15, 0.2) is 6.33 Å². The van der Waals surface area contributed by atoms with Gasteiger partial charge in [0.25, 0.3) is 0 Å². The lowest BCUT2D eigenvalue weighted by Gasteiger charge is -2.40. The third-order valence-corrected chi connectivity index (χ3v) is 3.96. The number of aryl methyl sites for hydroxylation is 1. The molecule has 1 aliphatic heterocycles. The van der Waals surface area contributed by atoms with E-state index in [1.165, 1.54) is 0 Å². The van der Waals surface area contributed by atoms with Gasteiger partial charge in [0.15, 0.2) is 0 Å². The molecule has 0 aromatic carbocycles. The minimum atomic E-state index is -0.498. The van der Waals surface area contributed by atoms with Crippen LogP contribution < -0.4 is 10.6 Å². The van der Waals surface area contributed by atoms with Gasteiger partial charge in [-0.25, -0.2) is 9.78 Å².